The lowest BCUT2D eigenvalue weighted by molar-refractivity contribution is -0.0499. The molecule has 0 radical (unpaired) electrons. The first-order valence-corrected chi connectivity index (χ1v) is 7.11. The van der Waals surface area contributed by atoms with E-state index in [4.69, 9.17) is 5.26 Å². The second kappa shape index (κ2) is 5.65. The molecule has 1 aromatic heterocycles. The lowest BCUT2D eigenvalue weighted by Gasteiger charge is -2.13. The number of nitriles is 1. The van der Waals surface area contributed by atoms with Crippen molar-refractivity contribution >= 4 is 10.1 Å². The zero-order chi connectivity index (χ0) is 16.4. The summed E-state index contributed by atoms with van der Waals surface area (Å²) in [6, 6.07) is 8.10. The van der Waals surface area contributed by atoms with Crippen molar-refractivity contribution in [3.63, 3.8) is 0 Å². The molecular formula is C13H7F3N2O3S. The average molecular weight is 328 g/mol. The van der Waals surface area contributed by atoms with Crippen LogP contribution in [-0.2, 0) is 10.1 Å². The molecule has 0 spiro atoms. The Balaban J connectivity index is 2.56. The van der Waals surface area contributed by atoms with Gasteiger partial charge in [-0.15, -0.1) is 0 Å². The number of pyridine rings is 1. The third-order valence-electron chi connectivity index (χ3n) is 2.58. The first-order valence-electron chi connectivity index (χ1n) is 5.70. The summed E-state index contributed by atoms with van der Waals surface area (Å²) in [5, 5.41) is 8.86. The van der Waals surface area contributed by atoms with Gasteiger partial charge in [-0.25, -0.2) is 0 Å². The summed E-state index contributed by atoms with van der Waals surface area (Å²) in [6.45, 7) is 0. The van der Waals surface area contributed by atoms with E-state index in [-0.39, 0.29) is 11.1 Å². The van der Waals surface area contributed by atoms with Crippen molar-refractivity contribution in [3.05, 3.63) is 48.3 Å². The van der Waals surface area contributed by atoms with Gasteiger partial charge in [0, 0.05) is 18.0 Å². The van der Waals surface area contributed by atoms with Gasteiger partial charge in [-0.1, -0.05) is 0 Å². The van der Waals surface area contributed by atoms with Crippen LogP contribution in [-0.4, -0.2) is 18.9 Å². The monoisotopic (exact) mass is 328 g/mol. The first-order chi connectivity index (χ1) is 10.2. The van der Waals surface area contributed by atoms with E-state index < -0.39 is 21.4 Å². The van der Waals surface area contributed by atoms with Crippen LogP contribution in [0.1, 0.15) is 5.56 Å². The molecule has 0 fully saturated rings. The molecular weight excluding hydrogens is 321 g/mol. The van der Waals surface area contributed by atoms with Crippen molar-refractivity contribution in [2.45, 2.75) is 5.51 Å². The predicted octanol–water partition coefficient (Wildman–Crippen LogP) is 2.85. The smallest absolute Gasteiger partial charge is 0.375 e. The maximum absolute atomic E-state index is 12.4. The summed E-state index contributed by atoms with van der Waals surface area (Å²) in [7, 11) is -5.80. The van der Waals surface area contributed by atoms with Crippen molar-refractivity contribution in [1.82, 2.24) is 4.98 Å². The Labute approximate surface area is 123 Å². The van der Waals surface area contributed by atoms with E-state index in [1.807, 2.05) is 6.07 Å². The van der Waals surface area contributed by atoms with E-state index in [1.54, 1.807) is 0 Å². The van der Waals surface area contributed by atoms with Crippen molar-refractivity contribution in [1.29, 1.82) is 5.26 Å². The molecule has 22 heavy (non-hydrogen) atoms. The van der Waals surface area contributed by atoms with E-state index >= 15 is 0 Å². The van der Waals surface area contributed by atoms with Crippen LogP contribution in [0.2, 0.25) is 0 Å². The Morgan fingerprint density at radius 1 is 1.14 bits per heavy atom. The molecule has 0 bridgehead atoms. The number of hydrogen-bond donors (Lipinski definition) is 0. The fourth-order valence-electron chi connectivity index (χ4n) is 1.59. The lowest BCUT2D eigenvalue weighted by atomic mass is 10.0. The third kappa shape index (κ3) is 3.17. The molecule has 1 aromatic carbocycles. The number of nitrogens with zero attached hydrogens (tertiary/aromatic N) is 2. The van der Waals surface area contributed by atoms with Gasteiger partial charge in [0.2, 0.25) is 0 Å². The third-order valence-corrected chi connectivity index (χ3v) is 3.55. The van der Waals surface area contributed by atoms with Gasteiger partial charge in [-0.2, -0.15) is 26.9 Å². The van der Waals surface area contributed by atoms with Crippen molar-refractivity contribution in [2.24, 2.45) is 0 Å². The Bertz CT molecular complexity index is 828. The van der Waals surface area contributed by atoms with Gasteiger partial charge in [0.25, 0.3) is 0 Å². The summed E-state index contributed by atoms with van der Waals surface area (Å²) in [5.74, 6) is -0.525. The SMILES string of the molecule is N#Cc1ccc(OS(=O)(=O)C(F)(F)F)c(-c2ccncc2)c1. The van der Waals surface area contributed by atoms with E-state index in [2.05, 4.69) is 9.17 Å². The second-order valence-electron chi connectivity index (χ2n) is 4.04. The van der Waals surface area contributed by atoms with Gasteiger partial charge in [0.1, 0.15) is 0 Å². The van der Waals surface area contributed by atoms with Crippen LogP contribution >= 0.6 is 0 Å². The average Bonchev–Trinajstić information content (AvgIpc) is 2.47. The lowest BCUT2D eigenvalue weighted by Crippen LogP contribution is -2.28. The minimum atomic E-state index is -5.80. The Morgan fingerprint density at radius 3 is 2.32 bits per heavy atom. The Hall–Kier alpha value is -2.60. The number of alkyl halides is 3. The molecule has 9 heteroatoms. The van der Waals surface area contributed by atoms with Gasteiger partial charge >= 0.3 is 15.6 Å². The quantitative estimate of drug-likeness (QED) is 0.639. The molecule has 0 saturated carbocycles. The zero-order valence-electron chi connectivity index (χ0n) is 10.7. The van der Waals surface area contributed by atoms with Crippen LogP contribution in [0.3, 0.4) is 0 Å². The molecule has 0 N–H and O–H groups in total. The molecule has 0 amide bonds. The molecule has 5 nitrogen and oxygen atoms in total. The summed E-state index contributed by atoms with van der Waals surface area (Å²) in [4.78, 5) is 3.75. The van der Waals surface area contributed by atoms with Crippen molar-refractivity contribution < 1.29 is 25.8 Å². The molecule has 0 aliphatic carbocycles. The number of halogens is 3. The number of hydrogen-bond acceptors (Lipinski definition) is 5. The molecule has 2 rings (SSSR count). The maximum atomic E-state index is 12.4. The minimum Gasteiger partial charge on any atom is -0.375 e. The summed E-state index contributed by atoms with van der Waals surface area (Å²) < 4.78 is 63.7. The second-order valence-corrected chi connectivity index (χ2v) is 5.58. The Morgan fingerprint density at radius 2 is 1.77 bits per heavy atom. The maximum Gasteiger partial charge on any atom is 0.534 e. The highest BCUT2D eigenvalue weighted by Gasteiger charge is 2.48. The molecule has 2 aromatic rings. The molecule has 1 heterocycles. The molecule has 114 valence electrons. The fraction of sp³-hybridized carbons (Fsp3) is 0.0769. The largest absolute Gasteiger partial charge is 0.534 e. The van der Waals surface area contributed by atoms with E-state index in [0.29, 0.717) is 5.56 Å². The van der Waals surface area contributed by atoms with Crippen LogP contribution in [0.4, 0.5) is 13.2 Å². The Kier molecular flexibility index (Phi) is 4.05. The topological polar surface area (TPSA) is 80.0 Å². The van der Waals surface area contributed by atoms with Crippen molar-refractivity contribution in [3.8, 4) is 22.9 Å². The number of benzene rings is 1. The predicted molar refractivity (Wildman–Crippen MR) is 70.0 cm³/mol. The number of aromatic nitrogens is 1. The molecule has 0 aliphatic heterocycles. The van der Waals surface area contributed by atoms with Crippen LogP contribution in [0.25, 0.3) is 11.1 Å². The highest BCUT2D eigenvalue weighted by Crippen LogP contribution is 2.34. The summed E-state index contributed by atoms with van der Waals surface area (Å²) in [5.41, 5.74) is -5.01. The van der Waals surface area contributed by atoms with E-state index in [9.17, 15) is 21.6 Å². The zero-order valence-corrected chi connectivity index (χ0v) is 11.5. The summed E-state index contributed by atoms with van der Waals surface area (Å²) >= 11 is 0. The standard InChI is InChI=1S/C13H7F3N2O3S/c14-13(15,16)22(19,20)21-12-2-1-9(8-17)7-11(12)10-3-5-18-6-4-10/h1-7H. The van der Waals surface area contributed by atoms with Crippen molar-refractivity contribution in [2.75, 3.05) is 0 Å². The highest BCUT2D eigenvalue weighted by atomic mass is 32.2. The normalized spacial score (nSPS) is 11.7. The van der Waals surface area contributed by atoms with Gasteiger partial charge in [-0.05, 0) is 35.9 Å². The molecule has 0 saturated heterocycles. The van der Waals surface area contributed by atoms with Crippen LogP contribution < -0.4 is 4.18 Å². The van der Waals surface area contributed by atoms with Gasteiger partial charge in [-0.3, -0.25) is 4.98 Å². The van der Waals surface area contributed by atoms with Gasteiger partial charge < -0.3 is 4.18 Å². The minimum absolute atomic E-state index is 0.0364. The molecule has 0 aliphatic rings. The van der Waals surface area contributed by atoms with E-state index in [0.717, 1.165) is 12.1 Å². The highest BCUT2D eigenvalue weighted by molar-refractivity contribution is 7.88. The van der Waals surface area contributed by atoms with Gasteiger partial charge in [0.05, 0.1) is 11.6 Å². The van der Waals surface area contributed by atoms with Crippen LogP contribution in [0, 0.1) is 11.3 Å². The van der Waals surface area contributed by atoms with E-state index in [1.165, 1.54) is 30.6 Å². The molecule has 0 unspecified atom stereocenters. The summed E-state index contributed by atoms with van der Waals surface area (Å²) in [6.07, 6.45) is 2.74. The van der Waals surface area contributed by atoms with Crippen LogP contribution in [0.5, 0.6) is 5.75 Å². The van der Waals surface area contributed by atoms with Crippen LogP contribution in [0.15, 0.2) is 42.7 Å². The first kappa shape index (κ1) is 15.8. The number of rotatable bonds is 3. The molecule has 0 atom stereocenters. The van der Waals surface area contributed by atoms with Gasteiger partial charge in [0.15, 0.2) is 5.75 Å². The fourth-order valence-corrected chi connectivity index (χ4v) is 2.07.